The molecule has 1 rings (SSSR count). The van der Waals surface area contributed by atoms with Crippen LogP contribution in [0, 0.1) is 5.92 Å². The highest BCUT2D eigenvalue weighted by Gasteiger charge is 2.30. The molecular formula is C15H22F3NO2. The molecule has 0 aliphatic heterocycles. The highest BCUT2D eigenvalue weighted by Crippen LogP contribution is 2.30. The lowest BCUT2D eigenvalue weighted by atomic mass is 10.2. The summed E-state index contributed by atoms with van der Waals surface area (Å²) in [5, 5.41) is 3.24. The Morgan fingerprint density at radius 3 is 2.19 bits per heavy atom. The maximum Gasteiger partial charge on any atom is 0.416 e. The topological polar surface area (TPSA) is 30.5 Å². The summed E-state index contributed by atoms with van der Waals surface area (Å²) in [6.45, 7) is 5.97. The van der Waals surface area contributed by atoms with E-state index in [1.165, 1.54) is 12.1 Å². The summed E-state index contributed by atoms with van der Waals surface area (Å²) >= 11 is 0. The highest BCUT2D eigenvalue weighted by atomic mass is 19.4. The maximum atomic E-state index is 12.5. The van der Waals surface area contributed by atoms with Gasteiger partial charge in [0.05, 0.1) is 12.2 Å². The Bertz CT molecular complexity index is 404. The molecule has 0 heterocycles. The first-order valence-electron chi connectivity index (χ1n) is 6.86. The molecule has 3 nitrogen and oxygen atoms in total. The number of rotatable bonds is 8. The Morgan fingerprint density at radius 1 is 1.10 bits per heavy atom. The van der Waals surface area contributed by atoms with Crippen molar-refractivity contribution in [1.82, 2.24) is 5.32 Å². The Hall–Kier alpha value is -1.27. The van der Waals surface area contributed by atoms with Gasteiger partial charge in [0.25, 0.3) is 0 Å². The van der Waals surface area contributed by atoms with Gasteiger partial charge < -0.3 is 14.8 Å². The average Bonchev–Trinajstić information content (AvgIpc) is 2.38. The molecule has 0 aliphatic rings. The molecule has 0 fully saturated rings. The average molecular weight is 305 g/mol. The fraction of sp³-hybridized carbons (Fsp3) is 0.600. The summed E-state index contributed by atoms with van der Waals surface area (Å²) < 4.78 is 48.1. The van der Waals surface area contributed by atoms with Crippen LogP contribution in [-0.4, -0.2) is 32.9 Å². The van der Waals surface area contributed by atoms with Gasteiger partial charge >= 0.3 is 6.18 Å². The lowest BCUT2D eigenvalue weighted by Crippen LogP contribution is -2.36. The van der Waals surface area contributed by atoms with Gasteiger partial charge in [-0.15, -0.1) is 0 Å². The smallest absolute Gasteiger partial charge is 0.416 e. The summed E-state index contributed by atoms with van der Waals surface area (Å²) in [4.78, 5) is 0. The second kappa shape index (κ2) is 8.24. The molecule has 1 unspecified atom stereocenters. The van der Waals surface area contributed by atoms with Crippen LogP contribution < -0.4 is 10.1 Å². The summed E-state index contributed by atoms with van der Waals surface area (Å²) in [6, 6.07) is 4.68. The molecule has 1 aromatic rings. The van der Waals surface area contributed by atoms with E-state index in [2.05, 4.69) is 19.2 Å². The van der Waals surface area contributed by atoms with Crippen molar-refractivity contribution in [1.29, 1.82) is 0 Å². The second-order valence-corrected chi connectivity index (χ2v) is 5.27. The van der Waals surface area contributed by atoms with Gasteiger partial charge in [0.2, 0.25) is 0 Å². The minimum atomic E-state index is -4.33. The van der Waals surface area contributed by atoms with Crippen molar-refractivity contribution in [2.75, 3.05) is 26.8 Å². The number of hydrogen-bond donors (Lipinski definition) is 1. The van der Waals surface area contributed by atoms with E-state index in [0.717, 1.165) is 18.7 Å². The van der Waals surface area contributed by atoms with E-state index in [1.807, 2.05) is 0 Å². The van der Waals surface area contributed by atoms with Crippen LogP contribution in [0.15, 0.2) is 24.3 Å². The number of ether oxygens (including phenoxy) is 2. The molecule has 1 N–H and O–H groups in total. The molecule has 0 saturated carbocycles. The molecule has 6 heteroatoms. The van der Waals surface area contributed by atoms with Gasteiger partial charge in [0.15, 0.2) is 0 Å². The van der Waals surface area contributed by atoms with Crippen molar-refractivity contribution >= 4 is 0 Å². The van der Waals surface area contributed by atoms with Crippen LogP contribution in [-0.2, 0) is 10.9 Å². The van der Waals surface area contributed by atoms with E-state index < -0.39 is 11.7 Å². The SMILES string of the molecule is COCC(CNCC(C)C)Oc1ccc(C(F)(F)F)cc1. The van der Waals surface area contributed by atoms with Gasteiger partial charge in [0.1, 0.15) is 11.9 Å². The zero-order chi connectivity index (χ0) is 15.9. The maximum absolute atomic E-state index is 12.5. The Balaban J connectivity index is 2.58. The predicted molar refractivity (Wildman–Crippen MR) is 75.4 cm³/mol. The van der Waals surface area contributed by atoms with E-state index >= 15 is 0 Å². The normalized spacial score (nSPS) is 13.5. The van der Waals surface area contributed by atoms with Crippen molar-refractivity contribution in [3.63, 3.8) is 0 Å². The van der Waals surface area contributed by atoms with Gasteiger partial charge in [-0.2, -0.15) is 13.2 Å². The lowest BCUT2D eigenvalue weighted by molar-refractivity contribution is -0.137. The largest absolute Gasteiger partial charge is 0.487 e. The van der Waals surface area contributed by atoms with Crippen LogP contribution in [0.2, 0.25) is 0 Å². The molecule has 1 atom stereocenters. The second-order valence-electron chi connectivity index (χ2n) is 5.27. The van der Waals surface area contributed by atoms with E-state index in [1.54, 1.807) is 7.11 Å². The van der Waals surface area contributed by atoms with Crippen LogP contribution in [0.25, 0.3) is 0 Å². The minimum Gasteiger partial charge on any atom is -0.487 e. The molecule has 0 saturated heterocycles. The number of nitrogens with one attached hydrogen (secondary N) is 1. The van der Waals surface area contributed by atoms with Gasteiger partial charge in [-0.25, -0.2) is 0 Å². The number of benzene rings is 1. The van der Waals surface area contributed by atoms with E-state index in [4.69, 9.17) is 9.47 Å². The monoisotopic (exact) mass is 305 g/mol. The van der Waals surface area contributed by atoms with Crippen LogP contribution in [0.3, 0.4) is 0 Å². The molecule has 0 aliphatic carbocycles. The van der Waals surface area contributed by atoms with Crippen molar-refractivity contribution in [3.8, 4) is 5.75 Å². The van der Waals surface area contributed by atoms with Crippen LogP contribution in [0.1, 0.15) is 19.4 Å². The third-order valence-electron chi connectivity index (χ3n) is 2.76. The first kappa shape index (κ1) is 17.8. The number of methoxy groups -OCH3 is 1. The summed E-state index contributed by atoms with van der Waals surface area (Å²) in [6.07, 6.45) is -4.57. The highest BCUT2D eigenvalue weighted by molar-refractivity contribution is 5.29. The fourth-order valence-electron chi connectivity index (χ4n) is 1.77. The standard InChI is InChI=1S/C15H22F3NO2/c1-11(2)8-19-9-14(10-20-3)21-13-6-4-12(5-7-13)15(16,17)18/h4-7,11,14,19H,8-10H2,1-3H3. The summed E-state index contributed by atoms with van der Waals surface area (Å²) in [5.74, 6) is 0.913. The zero-order valence-electron chi connectivity index (χ0n) is 12.5. The van der Waals surface area contributed by atoms with Gasteiger partial charge in [-0.1, -0.05) is 13.8 Å². The quantitative estimate of drug-likeness (QED) is 0.799. The van der Waals surface area contributed by atoms with Gasteiger partial charge in [-0.05, 0) is 36.7 Å². The summed E-state index contributed by atoms with van der Waals surface area (Å²) in [5.41, 5.74) is -0.684. The molecule has 0 aromatic heterocycles. The van der Waals surface area contributed by atoms with Crippen molar-refractivity contribution in [2.24, 2.45) is 5.92 Å². The Labute approximate surface area is 123 Å². The van der Waals surface area contributed by atoms with Crippen LogP contribution in [0.4, 0.5) is 13.2 Å². The Kier molecular flexibility index (Phi) is 6.98. The third-order valence-corrected chi connectivity index (χ3v) is 2.76. The molecule has 0 amide bonds. The number of halogens is 3. The van der Waals surface area contributed by atoms with Crippen molar-refractivity contribution < 1.29 is 22.6 Å². The molecule has 1 aromatic carbocycles. The molecular weight excluding hydrogens is 283 g/mol. The zero-order valence-corrected chi connectivity index (χ0v) is 12.5. The minimum absolute atomic E-state index is 0.245. The number of alkyl halides is 3. The lowest BCUT2D eigenvalue weighted by Gasteiger charge is -2.20. The third kappa shape index (κ3) is 6.82. The first-order valence-corrected chi connectivity index (χ1v) is 6.86. The molecule has 120 valence electrons. The Morgan fingerprint density at radius 2 is 1.71 bits per heavy atom. The first-order chi connectivity index (χ1) is 9.82. The van der Waals surface area contributed by atoms with Gasteiger partial charge in [-0.3, -0.25) is 0 Å². The van der Waals surface area contributed by atoms with E-state index in [9.17, 15) is 13.2 Å². The molecule has 0 bridgehead atoms. The number of hydrogen-bond acceptors (Lipinski definition) is 3. The summed E-state index contributed by atoms with van der Waals surface area (Å²) in [7, 11) is 1.56. The van der Waals surface area contributed by atoms with E-state index in [0.29, 0.717) is 24.8 Å². The molecule has 21 heavy (non-hydrogen) atoms. The van der Waals surface area contributed by atoms with Crippen molar-refractivity contribution in [2.45, 2.75) is 26.1 Å². The predicted octanol–water partition coefficient (Wildman–Crippen LogP) is 3.34. The van der Waals surface area contributed by atoms with E-state index in [-0.39, 0.29) is 6.10 Å². The van der Waals surface area contributed by atoms with Gasteiger partial charge in [0, 0.05) is 13.7 Å². The fourth-order valence-corrected chi connectivity index (χ4v) is 1.77. The van der Waals surface area contributed by atoms with Crippen LogP contribution in [0.5, 0.6) is 5.75 Å². The molecule has 0 spiro atoms. The molecule has 0 radical (unpaired) electrons. The van der Waals surface area contributed by atoms with Crippen LogP contribution >= 0.6 is 0 Å². The van der Waals surface area contributed by atoms with Crippen molar-refractivity contribution in [3.05, 3.63) is 29.8 Å².